The Kier molecular flexibility index (Phi) is 3.51. The van der Waals surface area contributed by atoms with Gasteiger partial charge in [-0.1, -0.05) is 12.1 Å². The van der Waals surface area contributed by atoms with Crippen LogP contribution in [-0.4, -0.2) is 34.0 Å². The van der Waals surface area contributed by atoms with E-state index in [0.29, 0.717) is 19.7 Å². The molecule has 1 aromatic carbocycles. The molecule has 1 N–H and O–H groups in total. The topological polar surface area (TPSA) is 67.6 Å². The van der Waals surface area contributed by atoms with Crippen LogP contribution in [0.5, 0.6) is 5.75 Å². The third-order valence-electron chi connectivity index (χ3n) is 3.56. The molecule has 0 fully saturated rings. The zero-order chi connectivity index (χ0) is 14.8. The summed E-state index contributed by atoms with van der Waals surface area (Å²) in [5.41, 5.74) is 2.02. The fourth-order valence-electron chi connectivity index (χ4n) is 2.55. The van der Waals surface area contributed by atoms with Crippen LogP contribution in [0.1, 0.15) is 23.1 Å². The SMILES string of the molecule is CCn1nc(C(=O)O)cc1CN1CCOc2ccccc21. The molecule has 0 atom stereocenters. The number of carbonyl (C=O) groups is 1. The van der Waals surface area contributed by atoms with Gasteiger partial charge in [0.25, 0.3) is 0 Å². The molecule has 2 aromatic rings. The first kappa shape index (κ1) is 13.5. The zero-order valence-corrected chi connectivity index (χ0v) is 11.8. The third kappa shape index (κ3) is 2.56. The van der Waals surface area contributed by atoms with Crippen molar-refractivity contribution in [1.82, 2.24) is 9.78 Å². The smallest absolute Gasteiger partial charge is 0.356 e. The molecule has 1 aliphatic heterocycles. The molecular formula is C15H17N3O3. The second kappa shape index (κ2) is 5.47. The molecule has 0 bridgehead atoms. The number of rotatable bonds is 4. The molecule has 110 valence electrons. The van der Waals surface area contributed by atoms with Crippen LogP contribution in [0.25, 0.3) is 0 Å². The van der Waals surface area contributed by atoms with E-state index in [9.17, 15) is 4.79 Å². The number of ether oxygens (including phenoxy) is 1. The van der Waals surface area contributed by atoms with Crippen molar-refractivity contribution in [2.75, 3.05) is 18.1 Å². The summed E-state index contributed by atoms with van der Waals surface area (Å²) in [6, 6.07) is 9.52. The first-order valence-electron chi connectivity index (χ1n) is 6.96. The molecule has 6 nitrogen and oxygen atoms in total. The highest BCUT2D eigenvalue weighted by molar-refractivity contribution is 5.85. The van der Waals surface area contributed by atoms with Crippen LogP contribution < -0.4 is 9.64 Å². The van der Waals surface area contributed by atoms with Gasteiger partial charge < -0.3 is 14.7 Å². The Bertz CT molecular complexity index is 666. The zero-order valence-electron chi connectivity index (χ0n) is 11.8. The lowest BCUT2D eigenvalue weighted by atomic mass is 10.2. The largest absolute Gasteiger partial charge is 0.490 e. The second-order valence-corrected chi connectivity index (χ2v) is 4.88. The minimum absolute atomic E-state index is 0.0911. The number of aromatic carboxylic acids is 1. The van der Waals surface area contributed by atoms with Crippen LogP contribution in [0, 0.1) is 0 Å². The van der Waals surface area contributed by atoms with Crippen molar-refractivity contribution in [2.45, 2.75) is 20.0 Å². The van der Waals surface area contributed by atoms with Gasteiger partial charge in [0.1, 0.15) is 12.4 Å². The number of benzene rings is 1. The molecule has 0 saturated heterocycles. The quantitative estimate of drug-likeness (QED) is 0.931. The van der Waals surface area contributed by atoms with Crippen LogP contribution in [0.4, 0.5) is 5.69 Å². The van der Waals surface area contributed by atoms with Crippen molar-refractivity contribution < 1.29 is 14.6 Å². The molecule has 0 unspecified atom stereocenters. The van der Waals surface area contributed by atoms with E-state index in [1.807, 2.05) is 31.2 Å². The van der Waals surface area contributed by atoms with Gasteiger partial charge in [-0.05, 0) is 25.1 Å². The molecule has 0 amide bonds. The maximum Gasteiger partial charge on any atom is 0.356 e. The number of nitrogens with zero attached hydrogens (tertiary/aromatic N) is 3. The average molecular weight is 287 g/mol. The highest BCUT2D eigenvalue weighted by Gasteiger charge is 2.20. The minimum atomic E-state index is -0.995. The predicted octanol–water partition coefficient (Wildman–Crippen LogP) is 2.00. The molecular weight excluding hydrogens is 270 g/mol. The van der Waals surface area contributed by atoms with Crippen molar-refractivity contribution >= 4 is 11.7 Å². The molecule has 0 radical (unpaired) electrons. The molecule has 0 saturated carbocycles. The lowest BCUT2D eigenvalue weighted by Gasteiger charge is -2.31. The Morgan fingerprint density at radius 3 is 3.00 bits per heavy atom. The summed E-state index contributed by atoms with van der Waals surface area (Å²) >= 11 is 0. The Morgan fingerprint density at radius 1 is 1.43 bits per heavy atom. The number of aryl methyl sites for hydroxylation is 1. The molecule has 0 spiro atoms. The van der Waals surface area contributed by atoms with Crippen LogP contribution in [0.15, 0.2) is 30.3 Å². The van der Waals surface area contributed by atoms with Gasteiger partial charge in [0, 0.05) is 6.54 Å². The lowest BCUT2D eigenvalue weighted by Crippen LogP contribution is -2.32. The summed E-state index contributed by atoms with van der Waals surface area (Å²) in [6.07, 6.45) is 0. The lowest BCUT2D eigenvalue weighted by molar-refractivity contribution is 0.0689. The number of para-hydroxylation sites is 2. The van der Waals surface area contributed by atoms with Crippen LogP contribution in [0.2, 0.25) is 0 Å². The van der Waals surface area contributed by atoms with Gasteiger partial charge in [-0.3, -0.25) is 4.68 Å². The van der Waals surface area contributed by atoms with E-state index in [2.05, 4.69) is 10.00 Å². The highest BCUT2D eigenvalue weighted by atomic mass is 16.5. The number of fused-ring (bicyclic) bond motifs is 1. The minimum Gasteiger partial charge on any atom is -0.490 e. The average Bonchev–Trinajstić information content (AvgIpc) is 2.91. The van der Waals surface area contributed by atoms with E-state index >= 15 is 0 Å². The van der Waals surface area contributed by atoms with Gasteiger partial charge in [0.2, 0.25) is 0 Å². The van der Waals surface area contributed by atoms with Crippen LogP contribution in [-0.2, 0) is 13.1 Å². The van der Waals surface area contributed by atoms with E-state index < -0.39 is 5.97 Å². The summed E-state index contributed by atoms with van der Waals surface area (Å²) < 4.78 is 7.37. The first-order valence-corrected chi connectivity index (χ1v) is 6.96. The summed E-state index contributed by atoms with van der Waals surface area (Å²) in [7, 11) is 0. The maximum absolute atomic E-state index is 11.1. The Hall–Kier alpha value is -2.50. The predicted molar refractivity (Wildman–Crippen MR) is 77.8 cm³/mol. The number of hydrogen-bond acceptors (Lipinski definition) is 4. The van der Waals surface area contributed by atoms with Crippen molar-refractivity contribution in [3.05, 3.63) is 41.7 Å². The Morgan fingerprint density at radius 2 is 2.24 bits per heavy atom. The molecule has 1 aliphatic rings. The molecule has 6 heteroatoms. The first-order chi connectivity index (χ1) is 10.2. The monoisotopic (exact) mass is 287 g/mol. The van der Waals surface area contributed by atoms with Crippen molar-refractivity contribution in [1.29, 1.82) is 0 Å². The fourth-order valence-corrected chi connectivity index (χ4v) is 2.55. The molecule has 2 heterocycles. The van der Waals surface area contributed by atoms with Gasteiger partial charge in [0.05, 0.1) is 24.5 Å². The summed E-state index contributed by atoms with van der Waals surface area (Å²) in [4.78, 5) is 13.3. The van der Waals surface area contributed by atoms with E-state index in [-0.39, 0.29) is 5.69 Å². The summed E-state index contributed by atoms with van der Waals surface area (Å²) in [5, 5.41) is 13.2. The maximum atomic E-state index is 11.1. The van der Waals surface area contributed by atoms with Gasteiger partial charge in [-0.2, -0.15) is 5.10 Å². The summed E-state index contributed by atoms with van der Waals surface area (Å²) in [5.74, 6) is -0.129. The molecule has 3 rings (SSSR count). The third-order valence-corrected chi connectivity index (χ3v) is 3.56. The molecule has 0 aliphatic carbocycles. The van der Waals surface area contributed by atoms with Gasteiger partial charge in [-0.15, -0.1) is 0 Å². The fraction of sp³-hybridized carbons (Fsp3) is 0.333. The van der Waals surface area contributed by atoms with Gasteiger partial charge in [0.15, 0.2) is 5.69 Å². The number of carboxylic acids is 1. The van der Waals surface area contributed by atoms with E-state index in [1.165, 1.54) is 0 Å². The van der Waals surface area contributed by atoms with Gasteiger partial charge in [-0.25, -0.2) is 4.79 Å². The van der Waals surface area contributed by atoms with Crippen LogP contribution in [0.3, 0.4) is 0 Å². The van der Waals surface area contributed by atoms with E-state index in [0.717, 1.165) is 23.7 Å². The number of aromatic nitrogens is 2. The van der Waals surface area contributed by atoms with Gasteiger partial charge >= 0.3 is 5.97 Å². The van der Waals surface area contributed by atoms with Crippen molar-refractivity contribution in [2.24, 2.45) is 0 Å². The number of carboxylic acid groups (broad SMARTS) is 1. The second-order valence-electron chi connectivity index (χ2n) is 4.88. The highest BCUT2D eigenvalue weighted by Crippen LogP contribution is 2.31. The van der Waals surface area contributed by atoms with Crippen molar-refractivity contribution in [3.8, 4) is 5.75 Å². The van der Waals surface area contributed by atoms with Crippen LogP contribution >= 0.6 is 0 Å². The Labute approximate surface area is 122 Å². The van der Waals surface area contributed by atoms with E-state index in [1.54, 1.807) is 10.7 Å². The molecule has 21 heavy (non-hydrogen) atoms. The number of hydrogen-bond donors (Lipinski definition) is 1. The van der Waals surface area contributed by atoms with E-state index in [4.69, 9.17) is 9.84 Å². The standard InChI is InChI=1S/C15H17N3O3/c1-2-18-11(9-12(16-18)15(19)20)10-17-7-8-21-14-6-4-3-5-13(14)17/h3-6,9H,2,7-8,10H2,1H3,(H,19,20). The normalized spacial score (nSPS) is 13.7. The number of anilines is 1. The Balaban J connectivity index is 1.89. The summed E-state index contributed by atoms with van der Waals surface area (Å²) in [6.45, 7) is 4.62. The molecule has 1 aromatic heterocycles. The van der Waals surface area contributed by atoms with Crippen molar-refractivity contribution in [3.63, 3.8) is 0 Å².